The van der Waals surface area contributed by atoms with Gasteiger partial charge in [0.15, 0.2) is 0 Å². The second kappa shape index (κ2) is 9.71. The Labute approximate surface area is 131 Å². The first-order valence-electron chi connectivity index (χ1n) is 7.20. The lowest BCUT2D eigenvalue weighted by Gasteiger charge is -2.17. The molecule has 4 heteroatoms. The molecule has 2 unspecified atom stereocenters. The summed E-state index contributed by atoms with van der Waals surface area (Å²) in [6.45, 7) is 1.96. The van der Waals surface area contributed by atoms with Crippen molar-refractivity contribution >= 4 is 5.97 Å². The van der Waals surface area contributed by atoms with Crippen molar-refractivity contribution in [2.45, 2.75) is 25.5 Å². The first-order chi connectivity index (χ1) is 10.5. The van der Waals surface area contributed by atoms with Crippen molar-refractivity contribution in [2.75, 3.05) is 7.05 Å². The molecule has 0 aliphatic carbocycles. The quantitative estimate of drug-likeness (QED) is 0.794. The average Bonchev–Trinajstić information content (AvgIpc) is 2.55. The van der Waals surface area contributed by atoms with Gasteiger partial charge in [-0.15, -0.1) is 0 Å². The molecule has 0 amide bonds. The summed E-state index contributed by atoms with van der Waals surface area (Å²) >= 11 is 0. The minimum atomic E-state index is -0.786. The number of benzene rings is 2. The predicted octanol–water partition coefficient (Wildman–Crippen LogP) is 2.64. The molecule has 118 valence electrons. The fourth-order valence-electron chi connectivity index (χ4n) is 1.87. The Morgan fingerprint density at radius 3 is 2.00 bits per heavy atom. The van der Waals surface area contributed by atoms with Crippen molar-refractivity contribution in [1.82, 2.24) is 5.32 Å². The van der Waals surface area contributed by atoms with E-state index in [2.05, 4.69) is 5.32 Å². The smallest absolute Gasteiger partial charge is 0.307 e. The average molecular weight is 301 g/mol. The SMILES string of the molecule is CNC(C)C(O)c1ccccc1.O=C(O)Cc1ccccc1. The monoisotopic (exact) mass is 301 g/mol. The van der Waals surface area contributed by atoms with Crippen LogP contribution >= 0.6 is 0 Å². The normalized spacial score (nSPS) is 12.7. The molecule has 0 radical (unpaired) electrons. The Morgan fingerprint density at radius 2 is 1.55 bits per heavy atom. The Balaban J connectivity index is 0.000000224. The minimum Gasteiger partial charge on any atom is -0.481 e. The zero-order valence-electron chi connectivity index (χ0n) is 12.9. The van der Waals surface area contributed by atoms with Gasteiger partial charge in [-0.2, -0.15) is 0 Å². The number of carboxylic acids is 1. The van der Waals surface area contributed by atoms with Gasteiger partial charge in [0.05, 0.1) is 12.5 Å². The molecule has 0 fully saturated rings. The topological polar surface area (TPSA) is 69.6 Å². The summed E-state index contributed by atoms with van der Waals surface area (Å²) in [5.41, 5.74) is 1.80. The van der Waals surface area contributed by atoms with Gasteiger partial charge in [-0.25, -0.2) is 0 Å². The summed E-state index contributed by atoms with van der Waals surface area (Å²) in [7, 11) is 1.84. The number of rotatable bonds is 5. The highest BCUT2D eigenvalue weighted by Gasteiger charge is 2.12. The highest BCUT2D eigenvalue weighted by molar-refractivity contribution is 5.70. The molecular formula is C18H23NO3. The van der Waals surface area contributed by atoms with Gasteiger partial charge in [0.2, 0.25) is 0 Å². The molecule has 2 rings (SSSR count). The molecule has 2 atom stereocenters. The lowest BCUT2D eigenvalue weighted by atomic mass is 10.0. The lowest BCUT2D eigenvalue weighted by Crippen LogP contribution is -2.28. The van der Waals surface area contributed by atoms with Crippen LogP contribution in [0.3, 0.4) is 0 Å². The fourth-order valence-corrected chi connectivity index (χ4v) is 1.87. The van der Waals surface area contributed by atoms with E-state index in [1.165, 1.54) is 0 Å². The number of hydrogen-bond donors (Lipinski definition) is 3. The Hall–Kier alpha value is -2.17. The maximum atomic E-state index is 10.2. The van der Waals surface area contributed by atoms with Crippen LogP contribution in [0.5, 0.6) is 0 Å². The standard InChI is InChI=1S/C10H15NO.C8H8O2/c1-8(11-2)10(12)9-6-4-3-5-7-9;9-8(10)6-7-4-2-1-3-5-7/h3-8,10-12H,1-2H3;1-5H,6H2,(H,9,10). The number of carboxylic acid groups (broad SMARTS) is 1. The van der Waals surface area contributed by atoms with Crippen LogP contribution in [0.2, 0.25) is 0 Å². The van der Waals surface area contributed by atoms with Gasteiger partial charge in [-0.3, -0.25) is 4.79 Å². The van der Waals surface area contributed by atoms with E-state index in [-0.39, 0.29) is 12.5 Å². The molecule has 0 saturated carbocycles. The second-order valence-corrected chi connectivity index (χ2v) is 4.99. The minimum absolute atomic E-state index is 0.0902. The van der Waals surface area contributed by atoms with Crippen LogP contribution in [-0.4, -0.2) is 29.3 Å². The van der Waals surface area contributed by atoms with E-state index in [1.54, 1.807) is 12.1 Å². The van der Waals surface area contributed by atoms with E-state index in [9.17, 15) is 9.90 Å². The van der Waals surface area contributed by atoms with E-state index in [0.29, 0.717) is 0 Å². The molecule has 0 saturated heterocycles. The van der Waals surface area contributed by atoms with E-state index in [0.717, 1.165) is 11.1 Å². The number of aliphatic carboxylic acids is 1. The molecule has 0 bridgehead atoms. The number of aliphatic hydroxyl groups excluding tert-OH is 1. The zero-order valence-corrected chi connectivity index (χ0v) is 12.9. The molecule has 0 aliphatic rings. The van der Waals surface area contributed by atoms with Crippen molar-refractivity contribution in [3.05, 3.63) is 71.8 Å². The van der Waals surface area contributed by atoms with Crippen LogP contribution in [0.4, 0.5) is 0 Å². The maximum absolute atomic E-state index is 10.2. The molecule has 4 nitrogen and oxygen atoms in total. The first kappa shape index (κ1) is 17.9. The third-order valence-corrected chi connectivity index (χ3v) is 3.27. The van der Waals surface area contributed by atoms with Gasteiger partial charge in [0, 0.05) is 6.04 Å². The van der Waals surface area contributed by atoms with E-state index in [1.807, 2.05) is 62.5 Å². The molecule has 2 aromatic rings. The van der Waals surface area contributed by atoms with Crippen LogP contribution in [0.1, 0.15) is 24.2 Å². The van der Waals surface area contributed by atoms with Crippen molar-refractivity contribution in [3.8, 4) is 0 Å². The third kappa shape index (κ3) is 6.52. The Kier molecular flexibility index (Phi) is 7.89. The molecule has 22 heavy (non-hydrogen) atoms. The van der Waals surface area contributed by atoms with E-state index < -0.39 is 12.1 Å². The first-order valence-corrected chi connectivity index (χ1v) is 7.20. The third-order valence-electron chi connectivity index (χ3n) is 3.27. The van der Waals surface area contributed by atoms with Gasteiger partial charge in [-0.05, 0) is 25.1 Å². The Morgan fingerprint density at radius 1 is 1.05 bits per heavy atom. The summed E-state index contributed by atoms with van der Waals surface area (Å²) in [5.74, 6) is -0.786. The van der Waals surface area contributed by atoms with Crippen LogP contribution in [0.15, 0.2) is 60.7 Å². The molecule has 0 aliphatic heterocycles. The van der Waals surface area contributed by atoms with Gasteiger partial charge in [0.1, 0.15) is 0 Å². The molecule has 2 aromatic carbocycles. The largest absolute Gasteiger partial charge is 0.481 e. The second-order valence-electron chi connectivity index (χ2n) is 4.99. The van der Waals surface area contributed by atoms with E-state index in [4.69, 9.17) is 5.11 Å². The highest BCUT2D eigenvalue weighted by atomic mass is 16.4. The highest BCUT2D eigenvalue weighted by Crippen LogP contribution is 2.15. The molecule has 0 aromatic heterocycles. The van der Waals surface area contributed by atoms with Crippen LogP contribution in [0.25, 0.3) is 0 Å². The maximum Gasteiger partial charge on any atom is 0.307 e. The number of likely N-dealkylation sites (N-methyl/N-ethyl adjacent to an activating group) is 1. The number of aliphatic hydroxyl groups is 1. The summed E-state index contributed by atoms with van der Waals surface area (Å²) in [6, 6.07) is 18.9. The van der Waals surface area contributed by atoms with Crippen LogP contribution in [0, 0.1) is 0 Å². The van der Waals surface area contributed by atoms with Crippen molar-refractivity contribution in [1.29, 1.82) is 0 Å². The van der Waals surface area contributed by atoms with Crippen molar-refractivity contribution in [2.24, 2.45) is 0 Å². The fraction of sp³-hybridized carbons (Fsp3) is 0.278. The van der Waals surface area contributed by atoms with Gasteiger partial charge < -0.3 is 15.5 Å². The summed E-state index contributed by atoms with van der Waals surface area (Å²) in [5, 5.41) is 21.1. The van der Waals surface area contributed by atoms with Crippen LogP contribution in [-0.2, 0) is 11.2 Å². The molecular weight excluding hydrogens is 278 g/mol. The molecule has 0 spiro atoms. The number of nitrogens with one attached hydrogen (secondary N) is 1. The lowest BCUT2D eigenvalue weighted by molar-refractivity contribution is -0.136. The predicted molar refractivity (Wildman–Crippen MR) is 87.7 cm³/mol. The number of carbonyl (C=O) groups is 1. The summed E-state index contributed by atoms with van der Waals surface area (Å²) in [6.07, 6.45) is -0.308. The molecule has 0 heterocycles. The van der Waals surface area contributed by atoms with Gasteiger partial charge >= 0.3 is 5.97 Å². The van der Waals surface area contributed by atoms with E-state index >= 15 is 0 Å². The van der Waals surface area contributed by atoms with Crippen molar-refractivity contribution in [3.63, 3.8) is 0 Å². The summed E-state index contributed by atoms with van der Waals surface area (Å²) in [4.78, 5) is 10.2. The zero-order chi connectivity index (χ0) is 16.4. The molecule has 3 N–H and O–H groups in total. The van der Waals surface area contributed by atoms with Gasteiger partial charge in [0.25, 0.3) is 0 Å². The van der Waals surface area contributed by atoms with Crippen molar-refractivity contribution < 1.29 is 15.0 Å². The number of hydrogen-bond acceptors (Lipinski definition) is 3. The Bertz CT molecular complexity index is 543. The summed E-state index contributed by atoms with van der Waals surface area (Å²) < 4.78 is 0. The van der Waals surface area contributed by atoms with Crippen LogP contribution < -0.4 is 5.32 Å². The van der Waals surface area contributed by atoms with Gasteiger partial charge in [-0.1, -0.05) is 60.7 Å².